The number of ether oxygens (including phenoxy) is 2. The van der Waals surface area contributed by atoms with Gasteiger partial charge in [0.2, 0.25) is 0 Å². The minimum absolute atomic E-state index is 0.0851. The summed E-state index contributed by atoms with van der Waals surface area (Å²) in [6, 6.07) is 28.3. The van der Waals surface area contributed by atoms with Crippen LogP contribution in [0.1, 0.15) is 62.3 Å². The zero-order valence-electron chi connectivity index (χ0n) is 22.2. The van der Waals surface area contributed by atoms with Gasteiger partial charge in [0, 0.05) is 38.3 Å². The first-order valence-electron chi connectivity index (χ1n) is 13.3. The fraction of sp³-hybridized carbons (Fsp3) is 0.452. The second-order valence-corrected chi connectivity index (χ2v) is 10.0. The zero-order valence-corrected chi connectivity index (χ0v) is 22.2. The lowest BCUT2D eigenvalue weighted by atomic mass is 10.1. The van der Waals surface area contributed by atoms with E-state index in [2.05, 4.69) is 98.2 Å². The van der Waals surface area contributed by atoms with Crippen LogP contribution in [0.5, 0.6) is 0 Å². The molecule has 5 nitrogen and oxygen atoms in total. The Kier molecular flexibility index (Phi) is 9.65. The summed E-state index contributed by atoms with van der Waals surface area (Å²) < 4.78 is 12.6. The van der Waals surface area contributed by atoms with Gasteiger partial charge in [-0.2, -0.15) is 0 Å². The van der Waals surface area contributed by atoms with Gasteiger partial charge in [-0.3, -0.25) is 14.8 Å². The molecule has 2 aromatic carbocycles. The lowest BCUT2D eigenvalue weighted by Crippen LogP contribution is -2.43. The molecule has 0 saturated heterocycles. The third kappa shape index (κ3) is 7.47. The van der Waals surface area contributed by atoms with Crippen molar-refractivity contribution >= 4 is 0 Å². The van der Waals surface area contributed by atoms with Crippen LogP contribution >= 0.6 is 0 Å². The molecule has 36 heavy (non-hydrogen) atoms. The number of hydrogen-bond donors (Lipinski definition) is 0. The van der Waals surface area contributed by atoms with Gasteiger partial charge in [0.1, 0.15) is 0 Å². The molecule has 3 aromatic rings. The first-order chi connectivity index (χ1) is 17.5. The molecule has 1 aliphatic rings. The Morgan fingerprint density at radius 2 is 1.06 bits per heavy atom. The van der Waals surface area contributed by atoms with Crippen molar-refractivity contribution in [2.45, 2.75) is 65.2 Å². The van der Waals surface area contributed by atoms with E-state index < -0.39 is 0 Å². The van der Waals surface area contributed by atoms with Gasteiger partial charge in [-0.05, 0) is 51.0 Å². The van der Waals surface area contributed by atoms with Gasteiger partial charge in [-0.15, -0.1) is 0 Å². The molecular formula is C31H41N3O2. The summed E-state index contributed by atoms with van der Waals surface area (Å²) in [6.07, 6.45) is 0.170. The largest absolute Gasteiger partial charge is 0.371 e. The Hall–Kier alpha value is -2.57. The highest BCUT2D eigenvalue weighted by Gasteiger charge is 2.24. The molecule has 4 atom stereocenters. The zero-order chi connectivity index (χ0) is 25.3. The highest BCUT2D eigenvalue weighted by atomic mass is 16.5. The van der Waals surface area contributed by atoms with E-state index in [1.807, 2.05) is 18.2 Å². The van der Waals surface area contributed by atoms with Crippen molar-refractivity contribution in [2.24, 2.45) is 0 Å². The van der Waals surface area contributed by atoms with Gasteiger partial charge in [-0.25, -0.2) is 0 Å². The SMILES string of the molecule is C[C@H]1CN([C@@H](C)c2ccccc2)CCN([C@@H](C)c2ccccc2)C[C@H](C)OCc2cccc(n2)CO1. The summed E-state index contributed by atoms with van der Waals surface area (Å²) in [5, 5.41) is 0. The van der Waals surface area contributed by atoms with Gasteiger partial charge in [0.15, 0.2) is 0 Å². The van der Waals surface area contributed by atoms with E-state index in [1.54, 1.807) is 0 Å². The highest BCUT2D eigenvalue weighted by Crippen LogP contribution is 2.24. The van der Waals surface area contributed by atoms with Gasteiger partial charge >= 0.3 is 0 Å². The lowest BCUT2D eigenvalue weighted by molar-refractivity contribution is 0.00327. The van der Waals surface area contributed by atoms with Crippen molar-refractivity contribution in [3.63, 3.8) is 0 Å². The van der Waals surface area contributed by atoms with Crippen LogP contribution in [0.2, 0.25) is 0 Å². The summed E-state index contributed by atoms with van der Waals surface area (Å²) in [5.41, 5.74) is 4.56. The summed E-state index contributed by atoms with van der Waals surface area (Å²) in [6.45, 7) is 13.6. The molecular weight excluding hydrogens is 446 g/mol. The maximum atomic E-state index is 6.28. The van der Waals surface area contributed by atoms with Crippen molar-refractivity contribution < 1.29 is 9.47 Å². The van der Waals surface area contributed by atoms with Crippen LogP contribution in [0.4, 0.5) is 0 Å². The van der Waals surface area contributed by atoms with Gasteiger partial charge in [0.05, 0.1) is 36.8 Å². The van der Waals surface area contributed by atoms with E-state index in [-0.39, 0.29) is 24.3 Å². The quantitative estimate of drug-likeness (QED) is 0.449. The normalized spacial score (nSPS) is 22.8. The van der Waals surface area contributed by atoms with E-state index in [1.165, 1.54) is 11.1 Å². The number of benzene rings is 2. The molecule has 0 unspecified atom stereocenters. The smallest absolute Gasteiger partial charge is 0.0892 e. The van der Waals surface area contributed by atoms with Crippen LogP contribution in [0.25, 0.3) is 0 Å². The molecule has 0 spiro atoms. The Morgan fingerprint density at radius 1 is 0.639 bits per heavy atom. The van der Waals surface area contributed by atoms with Gasteiger partial charge < -0.3 is 9.47 Å². The third-order valence-corrected chi connectivity index (χ3v) is 7.21. The molecule has 0 saturated carbocycles. The van der Waals surface area contributed by atoms with Gasteiger partial charge in [-0.1, -0.05) is 66.7 Å². The third-order valence-electron chi connectivity index (χ3n) is 7.21. The molecule has 2 heterocycles. The average Bonchev–Trinajstić information content (AvgIpc) is 2.92. The summed E-state index contributed by atoms with van der Waals surface area (Å²) in [5.74, 6) is 0. The van der Waals surface area contributed by atoms with Crippen LogP contribution in [-0.2, 0) is 22.7 Å². The highest BCUT2D eigenvalue weighted by molar-refractivity contribution is 5.19. The Bertz CT molecular complexity index is 965. The fourth-order valence-corrected chi connectivity index (χ4v) is 4.94. The Morgan fingerprint density at radius 3 is 1.47 bits per heavy atom. The van der Waals surface area contributed by atoms with Crippen LogP contribution in [0.3, 0.4) is 0 Å². The number of pyridine rings is 1. The first-order valence-corrected chi connectivity index (χ1v) is 13.3. The molecule has 0 fully saturated rings. The van der Waals surface area contributed by atoms with Crippen molar-refractivity contribution in [3.8, 4) is 0 Å². The van der Waals surface area contributed by atoms with Crippen molar-refractivity contribution in [3.05, 3.63) is 101 Å². The minimum Gasteiger partial charge on any atom is -0.371 e. The Labute approximate surface area is 217 Å². The maximum Gasteiger partial charge on any atom is 0.0892 e. The molecule has 0 N–H and O–H groups in total. The van der Waals surface area contributed by atoms with Crippen molar-refractivity contribution in [1.29, 1.82) is 0 Å². The molecule has 0 radical (unpaired) electrons. The number of rotatable bonds is 4. The molecule has 0 amide bonds. The average molecular weight is 488 g/mol. The molecule has 1 aliphatic heterocycles. The van der Waals surface area contributed by atoms with Crippen molar-refractivity contribution in [2.75, 3.05) is 26.2 Å². The molecule has 2 bridgehead atoms. The molecule has 1 aromatic heterocycles. The van der Waals surface area contributed by atoms with Crippen LogP contribution in [0, 0.1) is 0 Å². The number of nitrogens with zero attached hydrogens (tertiary/aromatic N) is 3. The topological polar surface area (TPSA) is 37.8 Å². The molecule has 0 aliphatic carbocycles. The predicted molar refractivity (Wildman–Crippen MR) is 146 cm³/mol. The predicted octanol–water partition coefficient (Wildman–Crippen LogP) is 6.03. The molecule has 4 rings (SSSR count). The summed E-state index contributed by atoms with van der Waals surface area (Å²) >= 11 is 0. The maximum absolute atomic E-state index is 6.28. The standard InChI is InChI=1S/C31H41N3O2/c1-24-20-33(26(3)28-12-7-5-8-13-28)18-19-34(27(4)29-14-9-6-10-15-29)21-25(2)36-23-31-17-11-16-30(32-31)22-35-24/h5-17,24-27H,18-23H2,1-4H3/t24-,25-,26-,27-/m0/s1. The van der Waals surface area contributed by atoms with Crippen LogP contribution < -0.4 is 0 Å². The number of aromatic nitrogens is 1. The number of hydrogen-bond acceptors (Lipinski definition) is 5. The monoisotopic (exact) mass is 487 g/mol. The minimum atomic E-state index is 0.0851. The second kappa shape index (κ2) is 13.1. The second-order valence-electron chi connectivity index (χ2n) is 10.0. The van der Waals surface area contributed by atoms with E-state index >= 15 is 0 Å². The number of fused-ring (bicyclic) bond motifs is 2. The van der Waals surface area contributed by atoms with Crippen LogP contribution in [0.15, 0.2) is 78.9 Å². The fourth-order valence-electron chi connectivity index (χ4n) is 4.94. The summed E-state index contributed by atoms with van der Waals surface area (Å²) in [7, 11) is 0. The molecule has 192 valence electrons. The first kappa shape index (κ1) is 26.5. The van der Waals surface area contributed by atoms with Crippen LogP contribution in [-0.4, -0.2) is 53.2 Å². The van der Waals surface area contributed by atoms with E-state index in [9.17, 15) is 0 Å². The van der Waals surface area contributed by atoms with E-state index in [0.29, 0.717) is 13.2 Å². The van der Waals surface area contributed by atoms with Gasteiger partial charge in [0.25, 0.3) is 0 Å². The van der Waals surface area contributed by atoms with Crippen molar-refractivity contribution in [1.82, 2.24) is 14.8 Å². The molecule has 5 heteroatoms. The summed E-state index contributed by atoms with van der Waals surface area (Å²) in [4.78, 5) is 9.89. The Balaban J connectivity index is 1.59. The van der Waals surface area contributed by atoms with E-state index in [4.69, 9.17) is 14.5 Å². The lowest BCUT2D eigenvalue weighted by Gasteiger charge is -2.36. The van der Waals surface area contributed by atoms with E-state index in [0.717, 1.165) is 37.6 Å².